The maximum atomic E-state index is 11.7. The molecule has 0 aliphatic heterocycles. The number of rotatable bonds is 3. The van der Waals surface area contributed by atoms with E-state index in [4.69, 9.17) is 4.74 Å². The van der Waals surface area contributed by atoms with Crippen molar-refractivity contribution in [2.45, 2.75) is 6.92 Å². The van der Waals surface area contributed by atoms with Crippen molar-refractivity contribution in [1.82, 2.24) is 4.98 Å². The molecule has 0 radical (unpaired) electrons. The Hall–Kier alpha value is -2.23. The van der Waals surface area contributed by atoms with Gasteiger partial charge in [0.2, 0.25) is 0 Å². The molecule has 0 unspecified atom stereocenters. The Bertz CT molecular complexity index is 569. The van der Waals surface area contributed by atoms with Gasteiger partial charge in [0.15, 0.2) is 0 Å². The Morgan fingerprint density at radius 2 is 2.24 bits per heavy atom. The number of carbonyl (C=O) groups is 1. The van der Waals surface area contributed by atoms with Gasteiger partial charge in [-0.2, -0.15) is 0 Å². The number of H-pyrrole nitrogens is 1. The summed E-state index contributed by atoms with van der Waals surface area (Å²) in [6.07, 6.45) is 2.47. The van der Waals surface area contributed by atoms with E-state index in [1.807, 2.05) is 24.3 Å². The fourth-order valence-corrected chi connectivity index (χ4v) is 1.74. The number of aromatic amines is 1. The second-order valence-electron chi connectivity index (χ2n) is 3.51. The van der Waals surface area contributed by atoms with Crippen LogP contribution < -0.4 is 0 Å². The van der Waals surface area contributed by atoms with Crippen LogP contribution in [0.4, 0.5) is 0 Å². The molecule has 4 nitrogen and oxygen atoms in total. The summed E-state index contributed by atoms with van der Waals surface area (Å²) in [4.78, 5) is 14.7. The molecule has 88 valence electrons. The Morgan fingerprint density at radius 3 is 2.94 bits per heavy atom. The summed E-state index contributed by atoms with van der Waals surface area (Å²) in [6, 6.07) is 7.55. The summed E-state index contributed by atoms with van der Waals surface area (Å²) < 4.78 is 4.89. The van der Waals surface area contributed by atoms with Crippen LogP contribution in [0, 0.1) is 0 Å². The lowest BCUT2D eigenvalue weighted by Crippen LogP contribution is -2.06. The van der Waals surface area contributed by atoms with Gasteiger partial charge in [0, 0.05) is 22.7 Å². The third-order valence-electron chi connectivity index (χ3n) is 2.50. The Kier molecular flexibility index (Phi) is 3.14. The molecule has 17 heavy (non-hydrogen) atoms. The molecule has 0 saturated carbocycles. The molecule has 0 aliphatic carbocycles. The smallest absolute Gasteiger partial charge is 0.341 e. The lowest BCUT2D eigenvalue weighted by molar-refractivity contribution is -0.136. The van der Waals surface area contributed by atoms with Gasteiger partial charge in [-0.25, -0.2) is 4.79 Å². The second-order valence-corrected chi connectivity index (χ2v) is 3.51. The van der Waals surface area contributed by atoms with Gasteiger partial charge in [0.1, 0.15) is 5.57 Å². The first-order valence-corrected chi connectivity index (χ1v) is 5.36. The number of aromatic nitrogens is 1. The molecule has 1 aromatic heterocycles. The SMILES string of the molecule is CCOC(=O)C(=CO)c1c[nH]c2ccccc12. The van der Waals surface area contributed by atoms with Crippen LogP contribution in [0.1, 0.15) is 12.5 Å². The van der Waals surface area contributed by atoms with Gasteiger partial charge in [0.05, 0.1) is 12.9 Å². The normalized spacial score (nSPS) is 11.7. The maximum absolute atomic E-state index is 11.7. The first-order valence-electron chi connectivity index (χ1n) is 5.36. The molecule has 0 saturated heterocycles. The summed E-state index contributed by atoms with van der Waals surface area (Å²) in [6.45, 7) is 2.00. The van der Waals surface area contributed by atoms with Crippen molar-refractivity contribution < 1.29 is 14.6 Å². The van der Waals surface area contributed by atoms with Crippen LogP contribution in [0.2, 0.25) is 0 Å². The summed E-state index contributed by atoms with van der Waals surface area (Å²) in [5.41, 5.74) is 1.71. The van der Waals surface area contributed by atoms with Gasteiger partial charge >= 0.3 is 5.97 Å². The van der Waals surface area contributed by atoms with Gasteiger partial charge in [-0.15, -0.1) is 0 Å². The third kappa shape index (κ3) is 2.01. The van der Waals surface area contributed by atoms with Gasteiger partial charge in [-0.05, 0) is 13.0 Å². The number of hydrogen-bond donors (Lipinski definition) is 2. The zero-order chi connectivity index (χ0) is 12.3. The fourth-order valence-electron chi connectivity index (χ4n) is 1.74. The first kappa shape index (κ1) is 11.3. The van der Waals surface area contributed by atoms with E-state index < -0.39 is 5.97 Å². The van der Waals surface area contributed by atoms with Gasteiger partial charge < -0.3 is 14.8 Å². The molecule has 0 bridgehead atoms. The molecule has 2 N–H and O–H groups in total. The molecule has 0 atom stereocenters. The van der Waals surface area contributed by atoms with Crippen LogP contribution in [-0.2, 0) is 9.53 Å². The minimum Gasteiger partial charge on any atom is -0.515 e. The number of carbonyl (C=O) groups excluding carboxylic acids is 1. The van der Waals surface area contributed by atoms with E-state index >= 15 is 0 Å². The van der Waals surface area contributed by atoms with Crippen LogP contribution in [0.15, 0.2) is 36.7 Å². The minimum absolute atomic E-state index is 0.157. The molecule has 2 rings (SSSR count). The first-order chi connectivity index (χ1) is 8.27. The van der Waals surface area contributed by atoms with Crippen LogP contribution in [0.3, 0.4) is 0 Å². The Morgan fingerprint density at radius 1 is 1.47 bits per heavy atom. The van der Waals surface area contributed by atoms with Crippen molar-refractivity contribution in [3.8, 4) is 0 Å². The Labute approximate surface area is 98.5 Å². The molecule has 0 spiro atoms. The van der Waals surface area contributed by atoms with E-state index in [-0.39, 0.29) is 12.2 Å². The maximum Gasteiger partial charge on any atom is 0.341 e. The molecular formula is C13H13NO3. The van der Waals surface area contributed by atoms with Crippen LogP contribution in [0.25, 0.3) is 16.5 Å². The molecule has 0 fully saturated rings. The second kappa shape index (κ2) is 4.74. The van der Waals surface area contributed by atoms with Gasteiger partial charge in [-0.3, -0.25) is 0 Å². The number of benzene rings is 1. The number of hydrogen-bond acceptors (Lipinski definition) is 3. The molecule has 1 heterocycles. The standard InChI is InChI=1S/C13H13NO3/c1-2-17-13(16)11(8-15)10-7-14-12-6-4-3-5-9(10)12/h3-8,14-15H,2H2,1H3. The molecule has 0 aliphatic rings. The minimum atomic E-state index is -0.528. The van der Waals surface area contributed by atoms with E-state index in [1.54, 1.807) is 13.1 Å². The van der Waals surface area contributed by atoms with E-state index in [1.165, 1.54) is 0 Å². The Balaban J connectivity index is 2.48. The number of ether oxygens (including phenoxy) is 1. The number of fused-ring (bicyclic) bond motifs is 1. The predicted molar refractivity (Wildman–Crippen MR) is 65.5 cm³/mol. The third-order valence-corrected chi connectivity index (χ3v) is 2.50. The summed E-state index contributed by atoms with van der Waals surface area (Å²) >= 11 is 0. The lowest BCUT2D eigenvalue weighted by Gasteiger charge is -2.04. The largest absolute Gasteiger partial charge is 0.515 e. The number of aliphatic hydroxyl groups excluding tert-OH is 1. The average molecular weight is 231 g/mol. The van der Waals surface area contributed by atoms with Crippen molar-refractivity contribution in [2.75, 3.05) is 6.61 Å². The fraction of sp³-hybridized carbons (Fsp3) is 0.154. The number of para-hydroxylation sites is 1. The number of aliphatic hydroxyl groups is 1. The molecule has 2 aromatic rings. The molecule has 1 aromatic carbocycles. The van der Waals surface area contributed by atoms with E-state index in [0.717, 1.165) is 17.2 Å². The molecule has 0 amide bonds. The van der Waals surface area contributed by atoms with Gasteiger partial charge in [0.25, 0.3) is 0 Å². The summed E-state index contributed by atoms with van der Waals surface area (Å²) in [7, 11) is 0. The van der Waals surface area contributed by atoms with Crippen molar-refractivity contribution in [3.05, 3.63) is 42.3 Å². The highest BCUT2D eigenvalue weighted by Gasteiger charge is 2.16. The zero-order valence-corrected chi connectivity index (χ0v) is 9.43. The van der Waals surface area contributed by atoms with Crippen molar-refractivity contribution >= 4 is 22.4 Å². The monoisotopic (exact) mass is 231 g/mol. The van der Waals surface area contributed by atoms with Crippen LogP contribution in [0.5, 0.6) is 0 Å². The number of nitrogens with one attached hydrogen (secondary N) is 1. The van der Waals surface area contributed by atoms with Crippen LogP contribution in [-0.4, -0.2) is 22.7 Å². The molecule has 4 heteroatoms. The van der Waals surface area contributed by atoms with Crippen LogP contribution >= 0.6 is 0 Å². The van der Waals surface area contributed by atoms with E-state index in [9.17, 15) is 9.90 Å². The summed E-state index contributed by atoms with van der Waals surface area (Å²) in [5.74, 6) is -0.528. The van der Waals surface area contributed by atoms with Crippen molar-refractivity contribution in [2.24, 2.45) is 0 Å². The zero-order valence-electron chi connectivity index (χ0n) is 9.43. The predicted octanol–water partition coefficient (Wildman–Crippen LogP) is 2.63. The quantitative estimate of drug-likeness (QED) is 0.485. The number of esters is 1. The molecular weight excluding hydrogens is 218 g/mol. The van der Waals surface area contributed by atoms with Crippen molar-refractivity contribution in [3.63, 3.8) is 0 Å². The highest BCUT2D eigenvalue weighted by molar-refractivity contribution is 6.19. The highest BCUT2D eigenvalue weighted by Crippen LogP contribution is 2.25. The van der Waals surface area contributed by atoms with E-state index in [2.05, 4.69) is 4.98 Å². The topological polar surface area (TPSA) is 62.3 Å². The van der Waals surface area contributed by atoms with Crippen molar-refractivity contribution in [1.29, 1.82) is 0 Å². The lowest BCUT2D eigenvalue weighted by atomic mass is 10.1. The van der Waals surface area contributed by atoms with E-state index in [0.29, 0.717) is 5.56 Å². The summed E-state index contributed by atoms with van der Waals surface area (Å²) in [5, 5.41) is 10.1. The van der Waals surface area contributed by atoms with Gasteiger partial charge in [-0.1, -0.05) is 18.2 Å². The average Bonchev–Trinajstić information content (AvgIpc) is 2.75. The highest BCUT2D eigenvalue weighted by atomic mass is 16.5.